The van der Waals surface area contributed by atoms with Crippen LogP contribution in [0.3, 0.4) is 0 Å². The Morgan fingerprint density at radius 2 is 1.36 bits per heavy atom. The zero-order chi connectivity index (χ0) is 33.8. The van der Waals surface area contributed by atoms with Gasteiger partial charge in [0.1, 0.15) is 16.9 Å². The smallest absolute Gasteiger partial charge is 0.159 e. The lowest BCUT2D eigenvalue weighted by atomic mass is 9.94. The van der Waals surface area contributed by atoms with Gasteiger partial charge in [-0.3, -0.25) is 0 Å². The zero-order valence-electron chi connectivity index (χ0n) is 28.4. The van der Waals surface area contributed by atoms with E-state index in [-0.39, 0.29) is 6.10 Å². The minimum Gasteiger partial charge on any atom is -0.456 e. The quantitative estimate of drug-likeness (QED) is 0.164. The van der Waals surface area contributed by atoms with Crippen LogP contribution in [-0.4, -0.2) is 17.3 Å². The number of furan rings is 2. The molecule has 0 aliphatic heterocycles. The Bertz CT molecular complexity index is 2670. The van der Waals surface area contributed by atoms with Crippen molar-refractivity contribution in [3.05, 3.63) is 145 Å². The number of aromatic nitrogens is 1. The molecule has 0 N–H and O–H groups in total. The maximum Gasteiger partial charge on any atom is 0.159 e. The maximum absolute atomic E-state index is 7.08. The van der Waals surface area contributed by atoms with Crippen LogP contribution < -0.4 is 0 Å². The molecule has 6 aromatic carbocycles. The SMILES string of the molecule is CCOC(C)C/C=C\c1oc2cc(-c3ccc(-c4ccccc4)c4oc5c(-n6c7ccccc7c7ccccc76)cccc5c34)ccc2c1C. The van der Waals surface area contributed by atoms with Crippen LogP contribution in [0.2, 0.25) is 0 Å². The molecule has 1 unspecified atom stereocenters. The van der Waals surface area contributed by atoms with Crippen LogP contribution in [0, 0.1) is 6.92 Å². The van der Waals surface area contributed by atoms with E-state index >= 15 is 0 Å². The molecular weight excluding hydrogens is 615 g/mol. The van der Waals surface area contributed by atoms with Crippen LogP contribution in [0.1, 0.15) is 31.6 Å². The lowest BCUT2D eigenvalue weighted by molar-refractivity contribution is 0.0788. The molecule has 1 atom stereocenters. The Balaban J connectivity index is 1.27. The summed E-state index contributed by atoms with van der Waals surface area (Å²) in [5.74, 6) is 0.884. The number of benzene rings is 6. The first-order chi connectivity index (χ1) is 24.6. The molecule has 50 heavy (non-hydrogen) atoms. The van der Waals surface area contributed by atoms with E-state index in [0.717, 1.165) is 89.6 Å². The van der Waals surface area contributed by atoms with Gasteiger partial charge in [0.2, 0.25) is 0 Å². The number of hydrogen-bond donors (Lipinski definition) is 0. The third-order valence-corrected chi connectivity index (χ3v) is 10.0. The van der Waals surface area contributed by atoms with Crippen LogP contribution in [0.4, 0.5) is 0 Å². The van der Waals surface area contributed by atoms with Gasteiger partial charge in [0, 0.05) is 44.7 Å². The number of rotatable bonds is 8. The van der Waals surface area contributed by atoms with E-state index in [9.17, 15) is 0 Å². The van der Waals surface area contributed by atoms with Crippen LogP contribution >= 0.6 is 0 Å². The molecular formula is C46H37NO3. The summed E-state index contributed by atoms with van der Waals surface area (Å²) in [6, 6.07) is 45.3. The van der Waals surface area contributed by atoms with Crippen LogP contribution in [0.25, 0.3) is 88.7 Å². The number of nitrogens with zero attached hydrogens (tertiary/aromatic N) is 1. The van der Waals surface area contributed by atoms with E-state index in [1.807, 2.05) is 6.92 Å². The Morgan fingerprint density at radius 1 is 0.660 bits per heavy atom. The highest BCUT2D eigenvalue weighted by Gasteiger charge is 2.22. The highest BCUT2D eigenvalue weighted by atomic mass is 16.5. The normalized spacial score (nSPS) is 12.8. The summed E-state index contributed by atoms with van der Waals surface area (Å²) in [6.07, 6.45) is 5.24. The van der Waals surface area contributed by atoms with Crippen molar-refractivity contribution < 1.29 is 13.6 Å². The van der Waals surface area contributed by atoms with Gasteiger partial charge in [-0.1, -0.05) is 103 Å². The van der Waals surface area contributed by atoms with E-state index in [4.69, 9.17) is 13.6 Å². The van der Waals surface area contributed by atoms with Gasteiger partial charge in [0.05, 0.1) is 22.8 Å². The van der Waals surface area contributed by atoms with Crippen molar-refractivity contribution in [3.8, 4) is 27.9 Å². The average molecular weight is 652 g/mol. The summed E-state index contributed by atoms with van der Waals surface area (Å²) in [5, 5.41) is 5.74. The fourth-order valence-corrected chi connectivity index (χ4v) is 7.62. The standard InChI is InChI=1S/C46H37NO3/c1-4-48-29(2)14-12-23-42-30(3)33-25-24-32(28-43(33)49-42)34-26-27-35(31-15-6-5-7-16-31)46-44(34)38-19-13-22-41(45(38)50-46)47-39-20-10-8-17-36(39)37-18-9-11-21-40(37)47/h5-13,15-29H,4,14H2,1-3H3/b23-12-. The molecule has 4 nitrogen and oxygen atoms in total. The molecule has 0 amide bonds. The first-order valence-electron chi connectivity index (χ1n) is 17.4. The van der Waals surface area contributed by atoms with E-state index < -0.39 is 0 Å². The Kier molecular flexibility index (Phi) is 7.40. The molecule has 3 heterocycles. The van der Waals surface area contributed by atoms with E-state index in [1.54, 1.807) is 0 Å². The minimum atomic E-state index is 0.175. The molecule has 0 saturated heterocycles. The van der Waals surface area contributed by atoms with Crippen molar-refractivity contribution in [2.45, 2.75) is 33.3 Å². The molecule has 0 fully saturated rings. The number of aryl methyl sites for hydroxylation is 1. The number of fused-ring (bicyclic) bond motifs is 7. The van der Waals surface area contributed by atoms with Crippen LogP contribution in [0.15, 0.2) is 142 Å². The maximum atomic E-state index is 7.08. The molecule has 244 valence electrons. The fraction of sp³-hybridized carbons (Fsp3) is 0.130. The third-order valence-electron chi connectivity index (χ3n) is 10.0. The highest BCUT2D eigenvalue weighted by Crippen LogP contribution is 2.45. The van der Waals surface area contributed by atoms with Gasteiger partial charge in [-0.15, -0.1) is 0 Å². The van der Waals surface area contributed by atoms with Crippen molar-refractivity contribution in [2.24, 2.45) is 0 Å². The first-order valence-corrected chi connectivity index (χ1v) is 17.4. The van der Waals surface area contributed by atoms with Gasteiger partial charge < -0.3 is 18.1 Å². The van der Waals surface area contributed by atoms with Gasteiger partial charge in [0.25, 0.3) is 0 Å². The highest BCUT2D eigenvalue weighted by molar-refractivity contribution is 6.19. The summed E-state index contributed by atoms with van der Waals surface area (Å²) in [7, 11) is 0. The largest absolute Gasteiger partial charge is 0.456 e. The molecule has 0 saturated carbocycles. The van der Waals surface area contributed by atoms with Gasteiger partial charge in [-0.05, 0) is 80.3 Å². The molecule has 9 rings (SSSR count). The van der Waals surface area contributed by atoms with Gasteiger partial charge in [-0.2, -0.15) is 0 Å². The molecule has 0 aliphatic carbocycles. The van der Waals surface area contributed by atoms with E-state index in [1.165, 1.54) is 10.8 Å². The number of hydrogen-bond acceptors (Lipinski definition) is 3. The number of para-hydroxylation sites is 3. The molecule has 0 bridgehead atoms. The summed E-state index contributed by atoms with van der Waals surface area (Å²) in [5.41, 5.74) is 11.5. The Hall–Kier alpha value is -5.84. The van der Waals surface area contributed by atoms with E-state index in [2.05, 4.69) is 158 Å². The summed E-state index contributed by atoms with van der Waals surface area (Å²) < 4.78 is 21.6. The summed E-state index contributed by atoms with van der Waals surface area (Å²) >= 11 is 0. The van der Waals surface area contributed by atoms with Gasteiger partial charge >= 0.3 is 0 Å². The van der Waals surface area contributed by atoms with Gasteiger partial charge in [-0.25, -0.2) is 0 Å². The third kappa shape index (κ3) is 4.87. The summed E-state index contributed by atoms with van der Waals surface area (Å²) in [4.78, 5) is 0. The van der Waals surface area contributed by atoms with Gasteiger partial charge in [0.15, 0.2) is 5.58 Å². The van der Waals surface area contributed by atoms with Crippen LogP contribution in [-0.2, 0) is 4.74 Å². The fourth-order valence-electron chi connectivity index (χ4n) is 7.62. The second-order valence-electron chi connectivity index (χ2n) is 13.1. The minimum absolute atomic E-state index is 0.175. The Morgan fingerprint density at radius 3 is 2.12 bits per heavy atom. The molecule has 0 spiro atoms. The zero-order valence-corrected chi connectivity index (χ0v) is 28.4. The lowest BCUT2D eigenvalue weighted by Gasteiger charge is -2.09. The molecule has 0 radical (unpaired) electrons. The van der Waals surface area contributed by atoms with Crippen LogP contribution in [0.5, 0.6) is 0 Å². The van der Waals surface area contributed by atoms with Crippen molar-refractivity contribution in [2.75, 3.05) is 6.61 Å². The predicted molar refractivity (Wildman–Crippen MR) is 208 cm³/mol. The second-order valence-corrected chi connectivity index (χ2v) is 13.1. The topological polar surface area (TPSA) is 40.4 Å². The molecule has 3 aromatic heterocycles. The first kappa shape index (κ1) is 30.2. The molecule has 0 aliphatic rings. The Labute approximate surface area is 290 Å². The lowest BCUT2D eigenvalue weighted by Crippen LogP contribution is -2.05. The summed E-state index contributed by atoms with van der Waals surface area (Å²) in [6.45, 7) is 6.97. The van der Waals surface area contributed by atoms with E-state index in [0.29, 0.717) is 6.61 Å². The average Bonchev–Trinajstić information content (AvgIpc) is 3.81. The monoisotopic (exact) mass is 651 g/mol. The number of ether oxygens (including phenoxy) is 1. The molecule has 4 heteroatoms. The van der Waals surface area contributed by atoms with Crippen molar-refractivity contribution in [3.63, 3.8) is 0 Å². The van der Waals surface area contributed by atoms with Crippen molar-refractivity contribution in [1.82, 2.24) is 4.57 Å². The second kappa shape index (κ2) is 12.2. The van der Waals surface area contributed by atoms with Crippen molar-refractivity contribution >= 4 is 60.8 Å². The molecule has 9 aromatic rings. The predicted octanol–water partition coefficient (Wildman–Crippen LogP) is 12.9. The van der Waals surface area contributed by atoms with Crippen molar-refractivity contribution in [1.29, 1.82) is 0 Å².